The van der Waals surface area contributed by atoms with Crippen molar-refractivity contribution in [1.29, 1.82) is 0 Å². The van der Waals surface area contributed by atoms with Crippen LogP contribution in [0.5, 0.6) is 11.6 Å². The molecule has 1 atom stereocenters. The Balaban J connectivity index is 1.49. The van der Waals surface area contributed by atoms with E-state index in [1.54, 1.807) is 12.4 Å². The second kappa shape index (κ2) is 8.44. The fraction of sp³-hybridized carbons (Fsp3) is 0.333. The van der Waals surface area contributed by atoms with Gasteiger partial charge in [0.2, 0.25) is 5.88 Å². The van der Waals surface area contributed by atoms with Gasteiger partial charge >= 0.3 is 0 Å². The van der Waals surface area contributed by atoms with Crippen molar-refractivity contribution in [2.24, 2.45) is 0 Å². The molecule has 0 spiro atoms. The van der Waals surface area contributed by atoms with Crippen LogP contribution in [0.15, 0.2) is 41.5 Å². The van der Waals surface area contributed by atoms with Crippen LogP contribution in [0.25, 0.3) is 21.2 Å². The lowest BCUT2D eigenvalue weighted by atomic mass is 9.96. The van der Waals surface area contributed by atoms with Crippen LogP contribution in [0, 0.1) is 20.8 Å². The van der Waals surface area contributed by atoms with Crippen molar-refractivity contribution in [3.8, 4) is 22.8 Å². The molecule has 3 aromatic heterocycles. The van der Waals surface area contributed by atoms with Gasteiger partial charge in [0, 0.05) is 23.9 Å². The molecule has 0 radical (unpaired) electrons. The molecule has 0 aliphatic carbocycles. The molecule has 1 fully saturated rings. The Bertz CT molecular complexity index is 1360. The summed E-state index contributed by atoms with van der Waals surface area (Å²) in [6, 6.07) is 7.77. The topological polar surface area (TPSA) is 79.1 Å². The highest BCUT2D eigenvalue weighted by atomic mass is 32.1. The van der Waals surface area contributed by atoms with Gasteiger partial charge in [0.15, 0.2) is 6.23 Å². The Labute approximate surface area is 189 Å². The zero-order valence-corrected chi connectivity index (χ0v) is 19.1. The van der Waals surface area contributed by atoms with Crippen LogP contribution in [0.2, 0.25) is 0 Å². The van der Waals surface area contributed by atoms with E-state index in [-0.39, 0.29) is 11.8 Å². The summed E-state index contributed by atoms with van der Waals surface area (Å²) in [7, 11) is 0. The van der Waals surface area contributed by atoms with E-state index in [4.69, 9.17) is 9.47 Å². The van der Waals surface area contributed by atoms with Gasteiger partial charge in [0.1, 0.15) is 5.75 Å². The van der Waals surface area contributed by atoms with Gasteiger partial charge < -0.3 is 9.47 Å². The third kappa shape index (κ3) is 3.69. The van der Waals surface area contributed by atoms with Gasteiger partial charge in [-0.15, -0.1) is 0 Å². The minimum atomic E-state index is -0.277. The molecule has 1 aliphatic rings. The lowest BCUT2D eigenvalue weighted by Gasteiger charge is -2.25. The standard InChI is InChI=1S/C24H24N4O3S/c1-14-12-17(31-23-19-13-26-32-20(19)9-10-25-23)7-8-18(14)22-15(2)24(29)28(27-16(22)3)21-6-4-5-11-30-21/h7-10,12-13,21H,4-6,11H2,1-3H3. The van der Waals surface area contributed by atoms with Gasteiger partial charge in [-0.2, -0.15) is 9.47 Å². The molecule has 0 bridgehead atoms. The molecule has 1 aromatic carbocycles. The van der Waals surface area contributed by atoms with E-state index in [1.165, 1.54) is 16.2 Å². The predicted molar refractivity (Wildman–Crippen MR) is 124 cm³/mol. The van der Waals surface area contributed by atoms with Gasteiger partial charge in [-0.05, 0) is 80.9 Å². The highest BCUT2D eigenvalue weighted by Gasteiger charge is 2.22. The first-order valence-corrected chi connectivity index (χ1v) is 11.5. The van der Waals surface area contributed by atoms with Crippen molar-refractivity contribution in [3.05, 3.63) is 63.8 Å². The number of ether oxygens (including phenoxy) is 2. The van der Waals surface area contributed by atoms with Gasteiger partial charge in [-0.3, -0.25) is 4.79 Å². The minimum absolute atomic E-state index is 0.0990. The Morgan fingerprint density at radius 2 is 2.06 bits per heavy atom. The van der Waals surface area contributed by atoms with Crippen molar-refractivity contribution < 1.29 is 9.47 Å². The summed E-state index contributed by atoms with van der Waals surface area (Å²) in [5.41, 5.74) is 4.23. The largest absolute Gasteiger partial charge is 0.438 e. The average molecular weight is 449 g/mol. The fourth-order valence-electron chi connectivity index (χ4n) is 4.26. The number of hydrogen-bond acceptors (Lipinski definition) is 7. The van der Waals surface area contributed by atoms with E-state index in [2.05, 4.69) is 14.5 Å². The zero-order chi connectivity index (χ0) is 22.2. The van der Waals surface area contributed by atoms with Crippen LogP contribution in [-0.4, -0.2) is 25.7 Å². The van der Waals surface area contributed by atoms with Crippen molar-refractivity contribution in [2.75, 3.05) is 6.61 Å². The molecule has 1 unspecified atom stereocenters. The third-order valence-corrected chi connectivity index (χ3v) is 6.64. The quantitative estimate of drug-likeness (QED) is 0.420. The van der Waals surface area contributed by atoms with E-state index in [9.17, 15) is 4.79 Å². The van der Waals surface area contributed by atoms with E-state index in [0.29, 0.717) is 23.8 Å². The van der Waals surface area contributed by atoms with Crippen molar-refractivity contribution in [3.63, 3.8) is 0 Å². The summed E-state index contributed by atoms with van der Waals surface area (Å²) in [5.74, 6) is 1.22. The number of aromatic nitrogens is 4. The van der Waals surface area contributed by atoms with E-state index < -0.39 is 0 Å². The Morgan fingerprint density at radius 3 is 2.84 bits per heavy atom. The monoisotopic (exact) mass is 448 g/mol. The molecule has 7 nitrogen and oxygen atoms in total. The molecule has 4 heterocycles. The maximum absolute atomic E-state index is 13.1. The Kier molecular flexibility index (Phi) is 5.48. The minimum Gasteiger partial charge on any atom is -0.438 e. The summed E-state index contributed by atoms with van der Waals surface area (Å²) >= 11 is 1.41. The lowest BCUT2D eigenvalue weighted by molar-refractivity contribution is -0.0428. The zero-order valence-electron chi connectivity index (χ0n) is 18.3. The number of benzene rings is 1. The number of fused-ring (bicyclic) bond motifs is 1. The van der Waals surface area contributed by atoms with Crippen molar-refractivity contribution in [2.45, 2.75) is 46.3 Å². The first kappa shape index (κ1) is 20.8. The average Bonchev–Trinajstić information content (AvgIpc) is 3.28. The highest BCUT2D eigenvalue weighted by molar-refractivity contribution is 7.13. The van der Waals surface area contributed by atoms with Crippen molar-refractivity contribution in [1.82, 2.24) is 19.1 Å². The van der Waals surface area contributed by atoms with Crippen LogP contribution in [0.3, 0.4) is 0 Å². The second-order valence-corrected chi connectivity index (χ2v) is 8.92. The van der Waals surface area contributed by atoms with E-state index >= 15 is 0 Å². The van der Waals surface area contributed by atoms with Crippen molar-refractivity contribution >= 4 is 21.6 Å². The molecular weight excluding hydrogens is 424 g/mol. The second-order valence-electron chi connectivity index (χ2n) is 8.09. The molecule has 164 valence electrons. The molecule has 0 saturated carbocycles. The summed E-state index contributed by atoms with van der Waals surface area (Å²) in [6.07, 6.45) is 6.11. The smallest absolute Gasteiger partial charge is 0.272 e. The summed E-state index contributed by atoms with van der Waals surface area (Å²) in [4.78, 5) is 17.5. The Hall–Kier alpha value is -3.10. The number of rotatable bonds is 4. The van der Waals surface area contributed by atoms with Gasteiger partial charge in [0.25, 0.3) is 5.56 Å². The molecule has 4 aromatic rings. The summed E-state index contributed by atoms with van der Waals surface area (Å²) < 4.78 is 18.6. The van der Waals surface area contributed by atoms with Gasteiger partial charge in [-0.25, -0.2) is 9.67 Å². The SMILES string of the molecule is Cc1cc(Oc2nccc3sncc23)ccc1-c1c(C)nn(C2CCCCO2)c(=O)c1C. The molecule has 32 heavy (non-hydrogen) atoms. The summed E-state index contributed by atoms with van der Waals surface area (Å²) in [6.45, 7) is 6.49. The van der Waals surface area contributed by atoms with Crippen LogP contribution in [0.1, 0.15) is 42.3 Å². The lowest BCUT2D eigenvalue weighted by Crippen LogP contribution is -2.33. The molecule has 1 saturated heterocycles. The molecule has 0 amide bonds. The first-order valence-electron chi connectivity index (χ1n) is 10.7. The third-order valence-electron chi connectivity index (χ3n) is 5.88. The first-order chi connectivity index (χ1) is 15.5. The molecule has 0 N–H and O–H groups in total. The number of nitrogens with zero attached hydrogens (tertiary/aromatic N) is 4. The van der Waals surface area contributed by atoms with Crippen LogP contribution < -0.4 is 10.3 Å². The highest BCUT2D eigenvalue weighted by Crippen LogP contribution is 2.34. The van der Waals surface area contributed by atoms with Gasteiger partial charge in [-0.1, -0.05) is 6.07 Å². The molecule has 8 heteroatoms. The van der Waals surface area contributed by atoms with Gasteiger partial charge in [0.05, 0.1) is 22.0 Å². The normalized spacial score (nSPS) is 16.4. The van der Waals surface area contributed by atoms with Crippen LogP contribution in [0.4, 0.5) is 0 Å². The fourth-order valence-corrected chi connectivity index (χ4v) is 4.89. The summed E-state index contributed by atoms with van der Waals surface area (Å²) in [5, 5.41) is 5.52. The van der Waals surface area contributed by atoms with E-state index in [0.717, 1.165) is 51.7 Å². The predicted octanol–water partition coefficient (Wildman–Crippen LogP) is 5.33. The molecule has 5 rings (SSSR count). The Morgan fingerprint density at radius 1 is 1.19 bits per heavy atom. The molecular formula is C24H24N4O3S. The van der Waals surface area contributed by atoms with E-state index in [1.807, 2.05) is 45.0 Å². The number of pyridine rings is 1. The van der Waals surface area contributed by atoms with Crippen LogP contribution in [-0.2, 0) is 4.74 Å². The maximum Gasteiger partial charge on any atom is 0.272 e. The number of aryl methyl sites for hydroxylation is 2. The van der Waals surface area contributed by atoms with Crippen LogP contribution >= 0.6 is 11.5 Å². The molecule has 1 aliphatic heterocycles. The maximum atomic E-state index is 13.1. The number of hydrogen-bond donors (Lipinski definition) is 0.